The van der Waals surface area contributed by atoms with Gasteiger partial charge in [0, 0.05) is 34.8 Å². The van der Waals surface area contributed by atoms with E-state index in [1.54, 1.807) is 11.3 Å². The van der Waals surface area contributed by atoms with Crippen LogP contribution in [0.25, 0.3) is 0 Å². The first-order valence-corrected chi connectivity index (χ1v) is 8.35. The Balaban J connectivity index is 2.03. The number of aromatic nitrogens is 2. The topological polar surface area (TPSA) is 37.8 Å². The van der Waals surface area contributed by atoms with Crippen LogP contribution < -0.4 is 5.32 Å². The van der Waals surface area contributed by atoms with Crippen molar-refractivity contribution in [2.45, 2.75) is 46.6 Å². The third-order valence-corrected chi connectivity index (χ3v) is 5.16. The molecule has 0 saturated heterocycles. The molecule has 0 aliphatic heterocycles. The normalized spacial score (nSPS) is 12.8. The van der Waals surface area contributed by atoms with Crippen LogP contribution in [0.2, 0.25) is 0 Å². The zero-order valence-corrected chi connectivity index (χ0v) is 13.6. The molecule has 0 bridgehead atoms. The second-order valence-electron chi connectivity index (χ2n) is 4.79. The Morgan fingerprint density at radius 2 is 1.89 bits per heavy atom. The van der Waals surface area contributed by atoms with Crippen molar-refractivity contribution in [2.24, 2.45) is 0 Å². The first kappa shape index (κ1) is 14.6. The summed E-state index contributed by atoms with van der Waals surface area (Å²) in [6.07, 6.45) is 1.98. The van der Waals surface area contributed by atoms with Crippen LogP contribution >= 0.6 is 22.7 Å². The van der Waals surface area contributed by atoms with Crippen LogP contribution in [0, 0.1) is 20.8 Å². The fourth-order valence-corrected chi connectivity index (χ4v) is 3.92. The quantitative estimate of drug-likeness (QED) is 0.888. The van der Waals surface area contributed by atoms with Crippen LogP contribution in [-0.4, -0.2) is 22.6 Å². The lowest BCUT2D eigenvalue weighted by Crippen LogP contribution is -2.33. The molecule has 5 heteroatoms. The predicted molar refractivity (Wildman–Crippen MR) is 83.3 cm³/mol. The van der Waals surface area contributed by atoms with Crippen molar-refractivity contribution in [1.82, 2.24) is 15.3 Å². The molecule has 0 aliphatic carbocycles. The van der Waals surface area contributed by atoms with E-state index in [0.717, 1.165) is 25.1 Å². The lowest BCUT2D eigenvalue weighted by atomic mass is 10.1. The van der Waals surface area contributed by atoms with Gasteiger partial charge in [-0.05, 0) is 27.3 Å². The van der Waals surface area contributed by atoms with Crippen LogP contribution in [0.1, 0.15) is 33.2 Å². The molecular formula is C14H21N3S2. The van der Waals surface area contributed by atoms with E-state index in [0.29, 0.717) is 6.04 Å². The monoisotopic (exact) mass is 295 g/mol. The zero-order valence-electron chi connectivity index (χ0n) is 12.0. The van der Waals surface area contributed by atoms with Gasteiger partial charge in [0.15, 0.2) is 0 Å². The Bertz CT molecular complexity index is 511. The van der Waals surface area contributed by atoms with Gasteiger partial charge in [-0.1, -0.05) is 6.92 Å². The summed E-state index contributed by atoms with van der Waals surface area (Å²) in [5.74, 6) is 0. The van der Waals surface area contributed by atoms with E-state index in [-0.39, 0.29) is 0 Å². The summed E-state index contributed by atoms with van der Waals surface area (Å²) in [7, 11) is 0. The molecule has 0 aromatic carbocycles. The van der Waals surface area contributed by atoms with Gasteiger partial charge in [-0.15, -0.1) is 22.7 Å². The molecule has 2 aromatic heterocycles. The highest BCUT2D eigenvalue weighted by molar-refractivity contribution is 7.11. The Morgan fingerprint density at radius 1 is 1.16 bits per heavy atom. The second-order valence-corrected chi connectivity index (χ2v) is 7.03. The second kappa shape index (κ2) is 6.59. The molecule has 0 radical (unpaired) electrons. The average molecular weight is 295 g/mol. The third-order valence-electron chi connectivity index (χ3n) is 3.07. The highest BCUT2D eigenvalue weighted by Crippen LogP contribution is 2.19. The maximum atomic E-state index is 4.64. The maximum absolute atomic E-state index is 4.64. The molecule has 3 nitrogen and oxygen atoms in total. The molecule has 0 aliphatic rings. The summed E-state index contributed by atoms with van der Waals surface area (Å²) in [6, 6.07) is 0.431. The van der Waals surface area contributed by atoms with E-state index in [9.17, 15) is 0 Å². The van der Waals surface area contributed by atoms with Gasteiger partial charge < -0.3 is 5.32 Å². The first-order chi connectivity index (χ1) is 9.08. The summed E-state index contributed by atoms with van der Waals surface area (Å²) in [5, 5.41) is 8.12. The van der Waals surface area contributed by atoms with E-state index >= 15 is 0 Å². The molecule has 0 spiro atoms. The van der Waals surface area contributed by atoms with Gasteiger partial charge in [0.05, 0.1) is 15.7 Å². The first-order valence-electron chi connectivity index (χ1n) is 6.65. The number of nitrogens with zero attached hydrogens (tertiary/aromatic N) is 2. The Hall–Kier alpha value is -0.780. The Kier molecular flexibility index (Phi) is 5.07. The van der Waals surface area contributed by atoms with Gasteiger partial charge in [-0.3, -0.25) is 0 Å². The number of aryl methyl sites for hydroxylation is 3. The fraction of sp³-hybridized carbons (Fsp3) is 0.571. The van der Waals surface area contributed by atoms with Gasteiger partial charge >= 0.3 is 0 Å². The largest absolute Gasteiger partial charge is 0.313 e. The van der Waals surface area contributed by atoms with Gasteiger partial charge in [0.25, 0.3) is 0 Å². The van der Waals surface area contributed by atoms with Crippen LogP contribution in [0.5, 0.6) is 0 Å². The Morgan fingerprint density at radius 3 is 2.42 bits per heavy atom. The van der Waals surface area contributed by atoms with Gasteiger partial charge in [-0.25, -0.2) is 9.97 Å². The fourth-order valence-electron chi connectivity index (χ4n) is 2.05. The van der Waals surface area contributed by atoms with Crippen molar-refractivity contribution < 1.29 is 0 Å². The molecule has 1 N–H and O–H groups in total. The lowest BCUT2D eigenvalue weighted by Gasteiger charge is -2.15. The highest BCUT2D eigenvalue weighted by Gasteiger charge is 2.14. The zero-order chi connectivity index (χ0) is 13.8. The average Bonchev–Trinajstić information content (AvgIpc) is 2.87. The van der Waals surface area contributed by atoms with Gasteiger partial charge in [-0.2, -0.15) is 0 Å². The molecule has 2 rings (SSSR count). The van der Waals surface area contributed by atoms with Crippen LogP contribution in [0.3, 0.4) is 0 Å². The minimum absolute atomic E-state index is 0.431. The van der Waals surface area contributed by atoms with Crippen molar-refractivity contribution in [2.75, 3.05) is 6.54 Å². The predicted octanol–water partition coefficient (Wildman–Crippen LogP) is 3.29. The summed E-state index contributed by atoms with van der Waals surface area (Å²) >= 11 is 3.57. The summed E-state index contributed by atoms with van der Waals surface area (Å²) in [4.78, 5) is 10.5. The van der Waals surface area contributed by atoms with Crippen molar-refractivity contribution in [1.29, 1.82) is 0 Å². The SMILES string of the molecule is CCNC(Cc1nc(C)cs1)Cc1nc(C)c(C)s1. The lowest BCUT2D eigenvalue weighted by molar-refractivity contribution is 0.519. The number of likely N-dealkylation sites (N-methyl/N-ethyl adjacent to an activating group) is 1. The maximum Gasteiger partial charge on any atom is 0.0946 e. The number of nitrogens with one attached hydrogen (secondary N) is 1. The van der Waals surface area contributed by atoms with Crippen molar-refractivity contribution in [3.8, 4) is 0 Å². The molecule has 0 amide bonds. The van der Waals surface area contributed by atoms with E-state index in [1.165, 1.54) is 20.6 Å². The van der Waals surface area contributed by atoms with Crippen molar-refractivity contribution in [3.63, 3.8) is 0 Å². The number of rotatable bonds is 6. The molecule has 104 valence electrons. The number of hydrogen-bond donors (Lipinski definition) is 1. The van der Waals surface area contributed by atoms with Crippen LogP contribution in [0.4, 0.5) is 0 Å². The van der Waals surface area contributed by atoms with Gasteiger partial charge in [0.2, 0.25) is 0 Å². The van der Waals surface area contributed by atoms with Crippen LogP contribution in [-0.2, 0) is 12.8 Å². The standard InChI is InChI=1S/C14H21N3S2/c1-5-15-12(6-13-16-9(2)8-18-13)7-14-17-10(3)11(4)19-14/h8,12,15H,5-7H2,1-4H3. The molecule has 0 fully saturated rings. The third kappa shape index (κ3) is 4.09. The van der Waals surface area contributed by atoms with E-state index in [2.05, 4.69) is 48.4 Å². The molecule has 19 heavy (non-hydrogen) atoms. The molecule has 2 heterocycles. The Labute approximate surface area is 123 Å². The molecule has 1 atom stereocenters. The molecular weight excluding hydrogens is 274 g/mol. The molecule has 2 aromatic rings. The summed E-state index contributed by atoms with van der Waals surface area (Å²) in [6.45, 7) is 9.41. The summed E-state index contributed by atoms with van der Waals surface area (Å²) in [5.41, 5.74) is 2.29. The molecule has 0 saturated carbocycles. The van der Waals surface area contributed by atoms with E-state index in [4.69, 9.17) is 0 Å². The number of thiazole rings is 2. The number of hydrogen-bond acceptors (Lipinski definition) is 5. The minimum atomic E-state index is 0.431. The van der Waals surface area contributed by atoms with Crippen molar-refractivity contribution >= 4 is 22.7 Å². The van der Waals surface area contributed by atoms with Crippen LogP contribution in [0.15, 0.2) is 5.38 Å². The van der Waals surface area contributed by atoms with Gasteiger partial charge in [0.1, 0.15) is 0 Å². The smallest absolute Gasteiger partial charge is 0.0946 e. The van der Waals surface area contributed by atoms with E-state index < -0.39 is 0 Å². The molecule has 1 unspecified atom stereocenters. The van der Waals surface area contributed by atoms with E-state index in [1.807, 2.05) is 11.3 Å². The summed E-state index contributed by atoms with van der Waals surface area (Å²) < 4.78 is 0. The van der Waals surface area contributed by atoms with Crippen molar-refractivity contribution in [3.05, 3.63) is 31.7 Å². The highest BCUT2D eigenvalue weighted by atomic mass is 32.1. The minimum Gasteiger partial charge on any atom is -0.313 e.